The first kappa shape index (κ1) is 17.7. The van der Waals surface area contributed by atoms with Gasteiger partial charge >= 0.3 is 0 Å². The van der Waals surface area contributed by atoms with Crippen LogP contribution in [-0.2, 0) is 9.59 Å². The predicted molar refractivity (Wildman–Crippen MR) is 103 cm³/mol. The molecule has 0 aliphatic carbocycles. The second-order valence-electron chi connectivity index (χ2n) is 6.58. The summed E-state index contributed by atoms with van der Waals surface area (Å²) in [6.07, 6.45) is 5.97. The number of nitrogens with zero attached hydrogens (tertiary/aromatic N) is 3. The van der Waals surface area contributed by atoms with Crippen molar-refractivity contribution in [1.29, 1.82) is 0 Å². The average Bonchev–Trinajstić information content (AvgIpc) is 3.30. The van der Waals surface area contributed by atoms with Crippen LogP contribution in [-0.4, -0.2) is 39.4 Å². The second kappa shape index (κ2) is 7.10. The highest BCUT2D eigenvalue weighted by Gasteiger charge is 2.34. The number of hydrogen-bond acceptors (Lipinski definition) is 6. The molecule has 3 amide bonds. The first-order chi connectivity index (χ1) is 13.6. The minimum Gasteiger partial charge on any atom is -0.337 e. The van der Waals surface area contributed by atoms with Crippen LogP contribution in [0.1, 0.15) is 30.1 Å². The largest absolute Gasteiger partial charge is 0.337 e. The molecule has 0 saturated heterocycles. The zero-order valence-corrected chi connectivity index (χ0v) is 15.1. The Bertz CT molecular complexity index is 1060. The number of imide groups is 1. The number of carbonyl (C=O) groups excluding carboxylic acids is 3. The van der Waals surface area contributed by atoms with E-state index >= 15 is 0 Å². The summed E-state index contributed by atoms with van der Waals surface area (Å²) in [6.45, 7) is 1.88. The molecule has 1 atom stereocenters. The van der Waals surface area contributed by atoms with Crippen LogP contribution in [0.4, 0.5) is 17.2 Å². The Hall–Kier alpha value is -3.75. The van der Waals surface area contributed by atoms with E-state index in [4.69, 9.17) is 0 Å². The summed E-state index contributed by atoms with van der Waals surface area (Å²) in [5.74, 6) is 0.148. The Morgan fingerprint density at radius 1 is 1.36 bits per heavy atom. The summed E-state index contributed by atoms with van der Waals surface area (Å²) in [5.41, 5.74) is 2.09. The Labute approximate surface area is 160 Å². The number of nitrogens with one attached hydrogen (secondary N) is 3. The number of amides is 3. The monoisotopic (exact) mass is 378 g/mol. The lowest BCUT2D eigenvalue weighted by atomic mass is 10.1. The molecule has 1 aromatic carbocycles. The molecule has 9 heteroatoms. The fraction of sp³-hybridized carbons (Fsp3) is 0.211. The van der Waals surface area contributed by atoms with Gasteiger partial charge in [-0.25, -0.2) is 4.98 Å². The number of carbonyl (C=O) groups is 3. The summed E-state index contributed by atoms with van der Waals surface area (Å²) in [5, 5.41) is 13.6. The molecule has 4 rings (SSSR count). The van der Waals surface area contributed by atoms with Crippen LogP contribution in [0.3, 0.4) is 0 Å². The summed E-state index contributed by atoms with van der Waals surface area (Å²) >= 11 is 0. The Balaban J connectivity index is 1.67. The van der Waals surface area contributed by atoms with E-state index in [2.05, 4.69) is 25.8 Å². The van der Waals surface area contributed by atoms with Gasteiger partial charge in [0.15, 0.2) is 0 Å². The number of benzene rings is 1. The van der Waals surface area contributed by atoms with Gasteiger partial charge in [-0.1, -0.05) is 12.1 Å². The van der Waals surface area contributed by atoms with Gasteiger partial charge in [-0.2, -0.15) is 5.10 Å². The van der Waals surface area contributed by atoms with Crippen LogP contribution in [0.15, 0.2) is 36.8 Å². The fourth-order valence-electron chi connectivity index (χ4n) is 3.49. The lowest BCUT2D eigenvalue weighted by Gasteiger charge is -2.25. The highest BCUT2D eigenvalue weighted by atomic mass is 16.2. The normalized spacial score (nSPS) is 13.6. The quantitative estimate of drug-likeness (QED) is 0.542. The van der Waals surface area contributed by atoms with Crippen molar-refractivity contribution in [3.05, 3.63) is 42.4 Å². The number of pyridine rings is 1. The van der Waals surface area contributed by atoms with Gasteiger partial charge in [-0.15, -0.1) is 0 Å². The molecule has 2 aromatic heterocycles. The first-order valence-corrected chi connectivity index (χ1v) is 8.84. The molecule has 1 unspecified atom stereocenters. The van der Waals surface area contributed by atoms with Gasteiger partial charge in [0.2, 0.25) is 12.3 Å². The lowest BCUT2D eigenvalue weighted by Crippen LogP contribution is -2.36. The molecule has 3 heterocycles. The molecule has 3 aromatic rings. The lowest BCUT2D eigenvalue weighted by molar-refractivity contribution is -0.125. The molecule has 9 nitrogen and oxygen atoms in total. The second-order valence-corrected chi connectivity index (χ2v) is 6.58. The van der Waals surface area contributed by atoms with E-state index in [9.17, 15) is 14.4 Å². The van der Waals surface area contributed by atoms with E-state index in [0.29, 0.717) is 24.2 Å². The van der Waals surface area contributed by atoms with Crippen LogP contribution in [0.25, 0.3) is 10.8 Å². The van der Waals surface area contributed by atoms with E-state index in [0.717, 1.165) is 22.1 Å². The Kier molecular flexibility index (Phi) is 4.48. The summed E-state index contributed by atoms with van der Waals surface area (Å²) < 4.78 is 0. The fourth-order valence-corrected chi connectivity index (χ4v) is 3.49. The third-order valence-corrected chi connectivity index (χ3v) is 4.81. The smallest absolute Gasteiger partial charge is 0.259 e. The van der Waals surface area contributed by atoms with Crippen molar-refractivity contribution in [2.45, 2.75) is 25.8 Å². The first-order valence-electron chi connectivity index (χ1n) is 8.84. The third kappa shape index (κ3) is 2.96. The third-order valence-electron chi connectivity index (χ3n) is 4.81. The Morgan fingerprint density at radius 2 is 2.21 bits per heavy atom. The van der Waals surface area contributed by atoms with Crippen molar-refractivity contribution in [2.75, 3.05) is 10.2 Å². The molecule has 0 saturated carbocycles. The summed E-state index contributed by atoms with van der Waals surface area (Å²) in [6, 6.07) is 5.31. The van der Waals surface area contributed by atoms with Crippen molar-refractivity contribution in [1.82, 2.24) is 20.5 Å². The van der Waals surface area contributed by atoms with E-state index < -0.39 is 0 Å². The van der Waals surface area contributed by atoms with Gasteiger partial charge < -0.3 is 10.2 Å². The van der Waals surface area contributed by atoms with Crippen molar-refractivity contribution in [3.8, 4) is 0 Å². The van der Waals surface area contributed by atoms with Crippen LogP contribution < -0.4 is 15.5 Å². The van der Waals surface area contributed by atoms with Gasteiger partial charge in [0.05, 0.1) is 29.3 Å². The summed E-state index contributed by atoms with van der Waals surface area (Å²) in [7, 11) is 0. The van der Waals surface area contributed by atoms with Gasteiger partial charge in [-0.05, 0) is 19.4 Å². The Morgan fingerprint density at radius 3 is 2.96 bits per heavy atom. The number of hydrogen-bond donors (Lipinski definition) is 3. The van der Waals surface area contributed by atoms with Gasteiger partial charge in [0.25, 0.3) is 5.91 Å². The topological polar surface area (TPSA) is 120 Å². The minimum atomic E-state index is -0.367. The molecule has 0 fully saturated rings. The van der Waals surface area contributed by atoms with Gasteiger partial charge in [-0.3, -0.25) is 24.8 Å². The standard InChI is InChI=1S/C19H18N6O3/c1-11(5-6-16(27)21-10-26)25-15-9-20-18(24-12-7-22-23-8-12)13-3-2-4-14(17(13)15)19(25)28/h2-4,7-11H,5-6H2,1H3,(H,20,24)(H,22,23)(H,21,26,27). The highest BCUT2D eigenvalue weighted by molar-refractivity contribution is 6.26. The van der Waals surface area contributed by atoms with Crippen LogP contribution in [0.5, 0.6) is 0 Å². The number of aromatic nitrogens is 3. The number of rotatable bonds is 7. The van der Waals surface area contributed by atoms with E-state index in [1.54, 1.807) is 29.6 Å². The van der Waals surface area contributed by atoms with E-state index in [-0.39, 0.29) is 24.3 Å². The molecular weight excluding hydrogens is 360 g/mol. The average molecular weight is 378 g/mol. The maximum absolute atomic E-state index is 13.0. The number of H-pyrrole nitrogens is 1. The molecule has 28 heavy (non-hydrogen) atoms. The zero-order valence-electron chi connectivity index (χ0n) is 15.1. The van der Waals surface area contributed by atoms with Crippen molar-refractivity contribution >= 4 is 46.2 Å². The maximum Gasteiger partial charge on any atom is 0.259 e. The minimum absolute atomic E-state index is 0.119. The number of aromatic amines is 1. The molecule has 1 aliphatic heterocycles. The van der Waals surface area contributed by atoms with Crippen molar-refractivity contribution in [3.63, 3.8) is 0 Å². The van der Waals surface area contributed by atoms with Crippen LogP contribution in [0, 0.1) is 0 Å². The van der Waals surface area contributed by atoms with E-state index in [1.165, 1.54) is 0 Å². The molecule has 142 valence electrons. The van der Waals surface area contributed by atoms with E-state index in [1.807, 2.05) is 19.1 Å². The number of anilines is 3. The zero-order chi connectivity index (χ0) is 19.7. The molecule has 0 spiro atoms. The maximum atomic E-state index is 13.0. The molecule has 0 radical (unpaired) electrons. The van der Waals surface area contributed by atoms with Gasteiger partial charge in [0, 0.05) is 29.4 Å². The van der Waals surface area contributed by atoms with Crippen LogP contribution >= 0.6 is 0 Å². The molecule has 3 N–H and O–H groups in total. The summed E-state index contributed by atoms with van der Waals surface area (Å²) in [4.78, 5) is 41.1. The van der Waals surface area contributed by atoms with Gasteiger partial charge in [0.1, 0.15) is 5.82 Å². The highest BCUT2D eigenvalue weighted by Crippen LogP contribution is 2.41. The predicted octanol–water partition coefficient (Wildman–Crippen LogP) is 2.10. The molecular formula is C19H18N6O3. The van der Waals surface area contributed by atoms with Crippen LogP contribution in [0.2, 0.25) is 0 Å². The SMILES string of the molecule is CC(CCC(=O)NC=O)N1C(=O)c2cccc3c(Nc4cn[nH]c4)ncc1c23. The molecule has 1 aliphatic rings. The van der Waals surface area contributed by atoms with Crippen molar-refractivity contribution in [2.24, 2.45) is 0 Å². The molecule has 0 bridgehead atoms. The van der Waals surface area contributed by atoms with Crippen molar-refractivity contribution < 1.29 is 14.4 Å².